The summed E-state index contributed by atoms with van der Waals surface area (Å²) in [7, 11) is 5.14. The molecule has 0 unspecified atom stereocenters. The zero-order valence-corrected chi connectivity index (χ0v) is 18.0. The predicted molar refractivity (Wildman–Crippen MR) is 116 cm³/mol. The highest BCUT2D eigenvalue weighted by Crippen LogP contribution is 2.27. The van der Waals surface area contributed by atoms with Crippen LogP contribution in [0.15, 0.2) is 54.9 Å². The second kappa shape index (κ2) is 9.35. The van der Waals surface area contributed by atoms with Crippen molar-refractivity contribution in [3.63, 3.8) is 0 Å². The molecular weight excluding hydrogens is 380 g/mol. The van der Waals surface area contributed by atoms with Crippen molar-refractivity contribution >= 4 is 6.03 Å². The van der Waals surface area contributed by atoms with Crippen molar-refractivity contribution in [2.24, 2.45) is 7.05 Å². The van der Waals surface area contributed by atoms with Crippen molar-refractivity contribution in [1.82, 2.24) is 20.2 Å². The van der Waals surface area contributed by atoms with Crippen LogP contribution in [0.1, 0.15) is 41.5 Å². The number of nitrogens with one attached hydrogen (secondary N) is 2. The summed E-state index contributed by atoms with van der Waals surface area (Å²) in [5.74, 6) is 2.17. The molecule has 3 rings (SSSR count). The molecule has 0 saturated heterocycles. The van der Waals surface area contributed by atoms with Crippen molar-refractivity contribution in [3.05, 3.63) is 77.4 Å². The average molecular weight is 409 g/mol. The third-order valence-corrected chi connectivity index (χ3v) is 5.02. The van der Waals surface area contributed by atoms with Gasteiger partial charge in [0.05, 0.1) is 20.3 Å². The van der Waals surface area contributed by atoms with Gasteiger partial charge >= 0.3 is 6.03 Å². The number of nitrogens with zero attached hydrogens (tertiary/aromatic N) is 2. The Kier molecular flexibility index (Phi) is 6.61. The highest BCUT2D eigenvalue weighted by Gasteiger charge is 2.23. The molecule has 3 aromatic rings. The standard InChI is InChI=1S/C23H28N4O3/c1-15-9-10-20(30-5)19(13-15)16(2)25-23(28)26-21(22-24-11-12-27(22)3)17-7-6-8-18(14-17)29-4/h6-14,16,21H,1-5H3,(H2,25,26,28)/t16-,21+/m0/s1. The second-order valence-corrected chi connectivity index (χ2v) is 7.19. The SMILES string of the molecule is COc1cccc([C@@H](NC(=O)N[C@@H](C)c2cc(C)ccc2OC)c2nccn2C)c1. The molecular formula is C23H28N4O3. The largest absolute Gasteiger partial charge is 0.497 e. The van der Waals surface area contributed by atoms with Crippen LogP contribution < -0.4 is 20.1 Å². The van der Waals surface area contributed by atoms with Gasteiger partial charge in [-0.05, 0) is 37.6 Å². The van der Waals surface area contributed by atoms with E-state index in [0.29, 0.717) is 5.75 Å². The third-order valence-electron chi connectivity index (χ3n) is 5.02. The Morgan fingerprint density at radius 1 is 1.10 bits per heavy atom. The van der Waals surface area contributed by atoms with Gasteiger partial charge in [-0.15, -0.1) is 0 Å². The van der Waals surface area contributed by atoms with E-state index >= 15 is 0 Å². The fourth-order valence-electron chi connectivity index (χ4n) is 3.41. The van der Waals surface area contributed by atoms with E-state index in [1.54, 1.807) is 20.4 Å². The lowest BCUT2D eigenvalue weighted by Crippen LogP contribution is -2.40. The molecule has 2 amide bonds. The zero-order valence-electron chi connectivity index (χ0n) is 18.0. The van der Waals surface area contributed by atoms with E-state index in [4.69, 9.17) is 9.47 Å². The molecule has 0 spiro atoms. The summed E-state index contributed by atoms with van der Waals surface area (Å²) in [6.45, 7) is 3.94. The van der Waals surface area contributed by atoms with Gasteiger partial charge in [-0.2, -0.15) is 0 Å². The molecule has 7 heteroatoms. The summed E-state index contributed by atoms with van der Waals surface area (Å²) in [4.78, 5) is 17.4. The van der Waals surface area contributed by atoms with Gasteiger partial charge in [-0.3, -0.25) is 0 Å². The van der Waals surface area contributed by atoms with Gasteiger partial charge in [-0.1, -0.05) is 29.8 Å². The van der Waals surface area contributed by atoms with Crippen molar-refractivity contribution in [1.29, 1.82) is 0 Å². The molecule has 2 aromatic carbocycles. The Hall–Kier alpha value is -3.48. The molecule has 0 bridgehead atoms. The first-order valence-electron chi connectivity index (χ1n) is 9.75. The smallest absolute Gasteiger partial charge is 0.316 e. The second-order valence-electron chi connectivity index (χ2n) is 7.19. The summed E-state index contributed by atoms with van der Waals surface area (Å²) in [5, 5.41) is 6.06. The molecule has 7 nitrogen and oxygen atoms in total. The normalized spacial score (nSPS) is 12.7. The number of aryl methyl sites for hydroxylation is 2. The number of carbonyl (C=O) groups excluding carboxylic acids is 1. The fraction of sp³-hybridized carbons (Fsp3) is 0.304. The molecule has 0 saturated carbocycles. The molecule has 30 heavy (non-hydrogen) atoms. The lowest BCUT2D eigenvalue weighted by Gasteiger charge is -2.23. The maximum Gasteiger partial charge on any atom is 0.316 e. The first-order valence-corrected chi connectivity index (χ1v) is 9.75. The van der Waals surface area contributed by atoms with Crippen LogP contribution in [-0.2, 0) is 7.05 Å². The molecule has 0 radical (unpaired) electrons. The average Bonchev–Trinajstić information content (AvgIpc) is 3.17. The van der Waals surface area contributed by atoms with E-state index in [2.05, 4.69) is 15.6 Å². The van der Waals surface area contributed by atoms with Crippen molar-refractivity contribution in [2.75, 3.05) is 14.2 Å². The van der Waals surface area contributed by atoms with Crippen LogP contribution in [-0.4, -0.2) is 29.8 Å². The van der Waals surface area contributed by atoms with Crippen LogP contribution in [0, 0.1) is 6.92 Å². The van der Waals surface area contributed by atoms with Crippen molar-refractivity contribution < 1.29 is 14.3 Å². The summed E-state index contributed by atoms with van der Waals surface area (Å²) >= 11 is 0. The number of carbonyl (C=O) groups is 1. The quantitative estimate of drug-likeness (QED) is 0.622. The molecule has 1 heterocycles. The summed E-state index contributed by atoms with van der Waals surface area (Å²) < 4.78 is 12.7. The Bertz CT molecular complexity index is 1020. The van der Waals surface area contributed by atoms with Gasteiger partial charge in [0.2, 0.25) is 0 Å². The number of hydrogen-bond acceptors (Lipinski definition) is 4. The molecule has 0 aliphatic rings. The van der Waals surface area contributed by atoms with Gasteiger partial charge in [0.15, 0.2) is 0 Å². The minimum atomic E-state index is -0.438. The Morgan fingerprint density at radius 2 is 1.90 bits per heavy atom. The number of rotatable bonds is 7. The maximum atomic E-state index is 12.9. The lowest BCUT2D eigenvalue weighted by atomic mass is 10.0. The molecule has 2 N–H and O–H groups in total. The first kappa shape index (κ1) is 21.2. The van der Waals surface area contributed by atoms with Crippen LogP contribution >= 0.6 is 0 Å². The third kappa shape index (κ3) is 4.74. The highest BCUT2D eigenvalue weighted by molar-refractivity contribution is 5.75. The highest BCUT2D eigenvalue weighted by atomic mass is 16.5. The summed E-state index contributed by atoms with van der Waals surface area (Å²) in [6, 6.07) is 12.5. The summed E-state index contributed by atoms with van der Waals surface area (Å²) in [6.07, 6.45) is 3.56. The monoisotopic (exact) mass is 408 g/mol. The van der Waals surface area contributed by atoms with Crippen molar-refractivity contribution in [3.8, 4) is 11.5 Å². The van der Waals surface area contributed by atoms with E-state index in [1.165, 1.54) is 0 Å². The van der Waals surface area contributed by atoms with E-state index in [9.17, 15) is 4.79 Å². The van der Waals surface area contributed by atoms with Gasteiger partial charge in [0.1, 0.15) is 23.4 Å². The van der Waals surface area contributed by atoms with Crippen LogP contribution in [0.5, 0.6) is 11.5 Å². The van der Waals surface area contributed by atoms with Crippen molar-refractivity contribution in [2.45, 2.75) is 25.9 Å². The lowest BCUT2D eigenvalue weighted by molar-refractivity contribution is 0.235. The van der Waals surface area contributed by atoms with E-state index in [-0.39, 0.29) is 12.1 Å². The number of benzene rings is 2. The maximum absolute atomic E-state index is 12.9. The molecule has 1 aromatic heterocycles. The summed E-state index contributed by atoms with van der Waals surface area (Å²) in [5.41, 5.74) is 2.89. The number of hydrogen-bond donors (Lipinski definition) is 2. The minimum Gasteiger partial charge on any atom is -0.497 e. The molecule has 0 aliphatic carbocycles. The van der Waals surface area contributed by atoms with Gasteiger partial charge in [0.25, 0.3) is 0 Å². The first-order chi connectivity index (χ1) is 14.4. The van der Waals surface area contributed by atoms with Crippen LogP contribution in [0.4, 0.5) is 4.79 Å². The van der Waals surface area contributed by atoms with Gasteiger partial charge < -0.3 is 24.7 Å². The van der Waals surface area contributed by atoms with Crippen LogP contribution in [0.3, 0.4) is 0 Å². The Balaban J connectivity index is 1.83. The minimum absolute atomic E-state index is 0.243. The number of amides is 2. The predicted octanol–water partition coefficient (Wildman–Crippen LogP) is 3.90. The number of aromatic nitrogens is 2. The Morgan fingerprint density at radius 3 is 2.57 bits per heavy atom. The van der Waals surface area contributed by atoms with E-state index < -0.39 is 6.04 Å². The van der Waals surface area contributed by atoms with Gasteiger partial charge in [-0.25, -0.2) is 9.78 Å². The van der Waals surface area contributed by atoms with Crippen LogP contribution in [0.2, 0.25) is 0 Å². The number of methoxy groups -OCH3 is 2. The zero-order chi connectivity index (χ0) is 21.7. The number of imidazole rings is 1. The fourth-order valence-corrected chi connectivity index (χ4v) is 3.41. The van der Waals surface area contributed by atoms with Crippen LogP contribution in [0.25, 0.3) is 0 Å². The van der Waals surface area contributed by atoms with Gasteiger partial charge in [0, 0.05) is 25.0 Å². The van der Waals surface area contributed by atoms with E-state index in [0.717, 1.165) is 28.3 Å². The molecule has 0 fully saturated rings. The molecule has 2 atom stereocenters. The molecule has 0 aliphatic heterocycles. The number of ether oxygens (including phenoxy) is 2. The topological polar surface area (TPSA) is 77.4 Å². The Labute approximate surface area is 177 Å². The van der Waals surface area contributed by atoms with E-state index in [1.807, 2.05) is 74.1 Å². The molecule has 158 valence electrons. The number of urea groups is 1.